The zero-order chi connectivity index (χ0) is 15.2. The average Bonchev–Trinajstić information content (AvgIpc) is 2.90. The van der Waals surface area contributed by atoms with E-state index in [0.717, 1.165) is 0 Å². The van der Waals surface area contributed by atoms with Gasteiger partial charge in [-0.3, -0.25) is 25.4 Å². The number of aromatic amines is 1. The van der Waals surface area contributed by atoms with Crippen LogP contribution in [0, 0.1) is 0 Å². The fourth-order valence-corrected chi connectivity index (χ4v) is 2.21. The molecule has 110 valence electrons. The van der Waals surface area contributed by atoms with Crippen LogP contribution in [0.15, 0.2) is 6.20 Å². The van der Waals surface area contributed by atoms with Crippen molar-refractivity contribution in [2.24, 2.45) is 5.84 Å². The highest BCUT2D eigenvalue weighted by atomic mass is 16.2. The van der Waals surface area contributed by atoms with Gasteiger partial charge in [0.25, 0.3) is 5.91 Å². The molecule has 3 rings (SSSR count). The highest BCUT2D eigenvalue weighted by molar-refractivity contribution is 6.08. The Hall–Kier alpha value is -2.75. The molecule has 2 aromatic heterocycles. The minimum absolute atomic E-state index is 0.0000444. The summed E-state index contributed by atoms with van der Waals surface area (Å²) in [4.78, 5) is 33.7. The van der Waals surface area contributed by atoms with Gasteiger partial charge in [0.15, 0.2) is 5.65 Å². The van der Waals surface area contributed by atoms with Gasteiger partial charge in [-0.2, -0.15) is 15.1 Å². The molecule has 0 atom stereocenters. The van der Waals surface area contributed by atoms with Gasteiger partial charge in [-0.25, -0.2) is 5.84 Å². The molecule has 1 aliphatic heterocycles. The van der Waals surface area contributed by atoms with Crippen molar-refractivity contribution in [1.29, 1.82) is 0 Å². The molecular weight excluding hydrogens is 276 g/mol. The minimum atomic E-state index is -0.946. The molecule has 21 heavy (non-hydrogen) atoms. The monoisotopic (exact) mass is 290 g/mol. The third kappa shape index (κ3) is 1.96. The SMILES string of the molecule is CC1(C)C(=O)NC(=O)CN1c1nc(NN)nc2[nH]ncc12. The first-order valence-corrected chi connectivity index (χ1v) is 6.23. The number of rotatable bonds is 2. The summed E-state index contributed by atoms with van der Waals surface area (Å²) in [6.45, 7) is 3.41. The second kappa shape index (κ2) is 4.38. The topological polar surface area (TPSA) is 142 Å². The van der Waals surface area contributed by atoms with Crippen LogP contribution in [0.25, 0.3) is 11.0 Å². The normalized spacial score (nSPS) is 18.0. The van der Waals surface area contributed by atoms with Gasteiger partial charge in [-0.15, -0.1) is 0 Å². The van der Waals surface area contributed by atoms with Crippen LogP contribution >= 0.6 is 0 Å². The summed E-state index contributed by atoms with van der Waals surface area (Å²) in [6, 6.07) is 0. The van der Waals surface area contributed by atoms with Crippen LogP contribution < -0.4 is 21.5 Å². The smallest absolute Gasteiger partial charge is 0.251 e. The van der Waals surface area contributed by atoms with E-state index in [1.807, 2.05) is 0 Å². The number of hydrogen-bond donors (Lipinski definition) is 4. The number of aromatic nitrogens is 4. The maximum atomic E-state index is 12.1. The van der Waals surface area contributed by atoms with E-state index in [1.54, 1.807) is 18.7 Å². The maximum absolute atomic E-state index is 12.1. The first kappa shape index (κ1) is 13.2. The number of hydrogen-bond acceptors (Lipinski definition) is 8. The Kier molecular flexibility index (Phi) is 2.76. The summed E-state index contributed by atoms with van der Waals surface area (Å²) in [6.07, 6.45) is 1.54. The molecule has 0 aliphatic carbocycles. The molecule has 0 radical (unpaired) electrons. The summed E-state index contributed by atoms with van der Waals surface area (Å²) in [5.41, 5.74) is 1.87. The van der Waals surface area contributed by atoms with Crippen molar-refractivity contribution >= 4 is 34.6 Å². The second-order valence-corrected chi connectivity index (χ2v) is 5.17. The van der Waals surface area contributed by atoms with Crippen LogP contribution in [0.4, 0.5) is 11.8 Å². The summed E-state index contributed by atoms with van der Waals surface area (Å²) in [7, 11) is 0. The number of carbonyl (C=O) groups is 2. The van der Waals surface area contributed by atoms with Crippen molar-refractivity contribution in [2.45, 2.75) is 19.4 Å². The third-order valence-corrected chi connectivity index (χ3v) is 3.46. The number of nitrogens with zero attached hydrogens (tertiary/aromatic N) is 4. The lowest BCUT2D eigenvalue weighted by Crippen LogP contribution is -2.64. The lowest BCUT2D eigenvalue weighted by molar-refractivity contribution is -0.135. The molecule has 0 spiro atoms. The number of amides is 2. The Labute approximate surface area is 119 Å². The Morgan fingerprint density at radius 3 is 2.86 bits per heavy atom. The van der Waals surface area contributed by atoms with E-state index in [-0.39, 0.29) is 12.5 Å². The molecule has 0 unspecified atom stereocenters. The van der Waals surface area contributed by atoms with Crippen LogP contribution in [0.2, 0.25) is 0 Å². The number of nitrogens with one attached hydrogen (secondary N) is 3. The first-order chi connectivity index (χ1) is 9.93. The molecule has 10 heteroatoms. The number of anilines is 2. The highest BCUT2D eigenvalue weighted by Crippen LogP contribution is 2.30. The van der Waals surface area contributed by atoms with Gasteiger partial charge in [0.05, 0.1) is 18.1 Å². The lowest BCUT2D eigenvalue weighted by atomic mass is 9.98. The number of hydrazine groups is 1. The van der Waals surface area contributed by atoms with Gasteiger partial charge in [-0.05, 0) is 13.8 Å². The van der Waals surface area contributed by atoms with E-state index >= 15 is 0 Å². The summed E-state index contributed by atoms with van der Waals surface area (Å²) in [5, 5.41) is 9.54. The van der Waals surface area contributed by atoms with Crippen molar-refractivity contribution in [3.8, 4) is 0 Å². The number of nitrogens with two attached hydrogens (primary N) is 1. The average molecular weight is 290 g/mol. The standard InChI is InChI=1S/C11H14N8O2/c1-11(2)9(21)14-6(20)4-19(11)8-5-3-13-18-7(5)15-10(16-8)17-12/h3H,4,12H2,1-2H3,(H,14,20,21)(H2,13,15,16,17,18). The molecule has 2 amide bonds. The van der Waals surface area contributed by atoms with Crippen molar-refractivity contribution in [1.82, 2.24) is 25.5 Å². The van der Waals surface area contributed by atoms with Crippen molar-refractivity contribution in [3.63, 3.8) is 0 Å². The molecule has 0 aromatic carbocycles. The zero-order valence-corrected chi connectivity index (χ0v) is 11.5. The van der Waals surface area contributed by atoms with E-state index in [2.05, 4.69) is 30.9 Å². The van der Waals surface area contributed by atoms with Crippen LogP contribution in [0.5, 0.6) is 0 Å². The third-order valence-electron chi connectivity index (χ3n) is 3.46. The Balaban J connectivity index is 2.20. The van der Waals surface area contributed by atoms with Gasteiger partial charge >= 0.3 is 0 Å². The number of nitrogen functional groups attached to an aromatic ring is 1. The van der Waals surface area contributed by atoms with Crippen molar-refractivity contribution in [3.05, 3.63) is 6.20 Å². The number of H-pyrrole nitrogens is 1. The van der Waals surface area contributed by atoms with Crippen LogP contribution in [-0.2, 0) is 9.59 Å². The largest absolute Gasteiger partial charge is 0.332 e. The molecule has 5 N–H and O–H groups in total. The molecule has 0 saturated carbocycles. The first-order valence-electron chi connectivity index (χ1n) is 6.23. The molecule has 2 aromatic rings. The van der Waals surface area contributed by atoms with E-state index in [9.17, 15) is 9.59 Å². The minimum Gasteiger partial charge on any atom is -0.332 e. The number of fused-ring (bicyclic) bond motifs is 1. The van der Waals surface area contributed by atoms with E-state index in [0.29, 0.717) is 16.9 Å². The van der Waals surface area contributed by atoms with Crippen molar-refractivity contribution in [2.75, 3.05) is 16.9 Å². The van der Waals surface area contributed by atoms with E-state index in [4.69, 9.17) is 5.84 Å². The van der Waals surface area contributed by atoms with Crippen LogP contribution in [0.3, 0.4) is 0 Å². The molecular formula is C11H14N8O2. The van der Waals surface area contributed by atoms with Crippen molar-refractivity contribution < 1.29 is 9.59 Å². The number of carbonyl (C=O) groups excluding carboxylic acids is 2. The summed E-state index contributed by atoms with van der Waals surface area (Å²) < 4.78 is 0. The number of imide groups is 1. The summed E-state index contributed by atoms with van der Waals surface area (Å²) >= 11 is 0. The van der Waals surface area contributed by atoms with Gasteiger partial charge < -0.3 is 4.90 Å². The lowest BCUT2D eigenvalue weighted by Gasteiger charge is -2.41. The predicted molar refractivity (Wildman–Crippen MR) is 74.1 cm³/mol. The molecule has 0 bridgehead atoms. The number of piperazine rings is 1. The van der Waals surface area contributed by atoms with Gasteiger partial charge in [0.1, 0.15) is 11.4 Å². The quantitative estimate of drug-likeness (QED) is 0.309. The Morgan fingerprint density at radius 2 is 2.14 bits per heavy atom. The fourth-order valence-electron chi connectivity index (χ4n) is 2.21. The van der Waals surface area contributed by atoms with Crippen LogP contribution in [0.1, 0.15) is 13.8 Å². The Morgan fingerprint density at radius 1 is 1.38 bits per heavy atom. The molecule has 1 fully saturated rings. The maximum Gasteiger partial charge on any atom is 0.251 e. The van der Waals surface area contributed by atoms with Crippen LogP contribution in [-0.4, -0.2) is 44.1 Å². The Bertz CT molecular complexity index is 737. The predicted octanol–water partition coefficient (Wildman–Crippen LogP) is -1.12. The molecule has 10 nitrogen and oxygen atoms in total. The van der Waals surface area contributed by atoms with Gasteiger partial charge in [-0.1, -0.05) is 0 Å². The molecule has 1 aliphatic rings. The van der Waals surface area contributed by atoms with E-state index in [1.165, 1.54) is 6.20 Å². The summed E-state index contributed by atoms with van der Waals surface area (Å²) in [5.74, 6) is 5.15. The highest BCUT2D eigenvalue weighted by Gasteiger charge is 2.42. The molecule has 1 saturated heterocycles. The zero-order valence-electron chi connectivity index (χ0n) is 11.5. The second-order valence-electron chi connectivity index (χ2n) is 5.17. The van der Waals surface area contributed by atoms with E-state index < -0.39 is 17.4 Å². The van der Waals surface area contributed by atoms with Gasteiger partial charge in [0, 0.05) is 0 Å². The fraction of sp³-hybridized carbons (Fsp3) is 0.364. The molecule has 3 heterocycles. The van der Waals surface area contributed by atoms with Gasteiger partial charge in [0.2, 0.25) is 11.9 Å².